The normalized spacial score (nSPS) is 22.5. The Labute approximate surface area is 133 Å². The van der Waals surface area contributed by atoms with Gasteiger partial charge < -0.3 is 14.9 Å². The van der Waals surface area contributed by atoms with Crippen LogP contribution in [-0.4, -0.2) is 65.8 Å². The van der Waals surface area contributed by atoms with Crippen molar-refractivity contribution in [3.8, 4) is 0 Å². The van der Waals surface area contributed by atoms with E-state index < -0.39 is 52.1 Å². The zero-order valence-electron chi connectivity index (χ0n) is 12.2. The van der Waals surface area contributed by atoms with Crippen LogP contribution in [0.1, 0.15) is 5.56 Å². The van der Waals surface area contributed by atoms with Crippen molar-refractivity contribution >= 4 is 21.9 Å². The second-order valence-corrected chi connectivity index (χ2v) is 7.43. The smallest absolute Gasteiger partial charge is 0.411 e. The molecule has 126 valence electrons. The van der Waals surface area contributed by atoms with Crippen LogP contribution in [0.15, 0.2) is 30.3 Å². The minimum absolute atomic E-state index is 0.0780. The summed E-state index contributed by atoms with van der Waals surface area (Å²) in [6.45, 7) is -0.823. The van der Waals surface area contributed by atoms with Crippen LogP contribution in [0.3, 0.4) is 0 Å². The lowest BCUT2D eigenvalue weighted by Crippen LogP contribution is -2.49. The van der Waals surface area contributed by atoms with Gasteiger partial charge in [0.05, 0.1) is 23.7 Å². The first-order valence-corrected chi connectivity index (χ1v) is 8.68. The summed E-state index contributed by atoms with van der Waals surface area (Å²) in [6, 6.07) is 7.63. The van der Waals surface area contributed by atoms with Gasteiger partial charge >= 0.3 is 12.1 Å². The van der Waals surface area contributed by atoms with Crippen LogP contribution >= 0.6 is 0 Å². The average molecular weight is 343 g/mol. The van der Waals surface area contributed by atoms with Crippen LogP contribution < -0.4 is 0 Å². The molecule has 1 amide bonds. The molecular formula is C14H17NO7S. The van der Waals surface area contributed by atoms with Crippen molar-refractivity contribution in [2.24, 2.45) is 0 Å². The van der Waals surface area contributed by atoms with Crippen molar-refractivity contribution in [2.75, 3.05) is 18.1 Å². The summed E-state index contributed by atoms with van der Waals surface area (Å²) in [5, 5.41) is 18.7. The van der Waals surface area contributed by atoms with Gasteiger partial charge in [0.1, 0.15) is 13.2 Å². The number of hydrogen-bond donors (Lipinski definition) is 2. The summed E-state index contributed by atoms with van der Waals surface area (Å²) < 4.78 is 28.2. The van der Waals surface area contributed by atoms with E-state index in [4.69, 9.17) is 9.84 Å². The zero-order chi connectivity index (χ0) is 17.0. The van der Waals surface area contributed by atoms with E-state index in [1.54, 1.807) is 30.3 Å². The maximum Gasteiger partial charge on any atom is 0.411 e. The van der Waals surface area contributed by atoms with E-state index in [0.29, 0.717) is 5.56 Å². The number of carbonyl (C=O) groups excluding carboxylic acids is 1. The molecule has 2 N–H and O–H groups in total. The predicted octanol–water partition coefficient (Wildman–Crippen LogP) is -0.132. The minimum Gasteiger partial charge on any atom is -0.480 e. The molecule has 0 spiro atoms. The number of benzene rings is 1. The summed E-state index contributed by atoms with van der Waals surface area (Å²) in [6.07, 6.45) is -2.30. The molecule has 1 aromatic carbocycles. The fourth-order valence-corrected chi connectivity index (χ4v) is 4.17. The number of ether oxygens (including phenoxy) is 1. The number of carbonyl (C=O) groups is 2. The Morgan fingerprint density at radius 1 is 1.22 bits per heavy atom. The number of aliphatic carboxylic acids is 1. The Hall–Kier alpha value is -2.13. The van der Waals surface area contributed by atoms with Gasteiger partial charge in [-0.1, -0.05) is 30.3 Å². The first-order valence-electron chi connectivity index (χ1n) is 6.86. The van der Waals surface area contributed by atoms with Gasteiger partial charge in [0, 0.05) is 0 Å². The molecule has 0 aromatic heterocycles. The molecule has 8 nitrogen and oxygen atoms in total. The van der Waals surface area contributed by atoms with Crippen molar-refractivity contribution in [3.05, 3.63) is 35.9 Å². The lowest BCUT2D eigenvalue weighted by atomic mass is 10.2. The Bertz CT molecular complexity index is 674. The van der Waals surface area contributed by atoms with Crippen molar-refractivity contribution in [3.63, 3.8) is 0 Å². The van der Waals surface area contributed by atoms with Crippen molar-refractivity contribution in [2.45, 2.75) is 18.8 Å². The van der Waals surface area contributed by atoms with Gasteiger partial charge in [-0.2, -0.15) is 0 Å². The standard InChI is InChI=1S/C14H17NO7S/c16-12-9-23(20,21)8-11(12)15(6-13(17)18)14(19)22-7-10-4-2-1-3-5-10/h1-5,11-12,16H,6-9H2,(H,17,18)/t11-,12-/m1/s1. The fraction of sp³-hybridized carbons (Fsp3) is 0.429. The molecule has 0 radical (unpaired) electrons. The second-order valence-electron chi connectivity index (χ2n) is 5.27. The minimum atomic E-state index is -3.52. The maximum absolute atomic E-state index is 12.1. The van der Waals surface area contributed by atoms with Gasteiger partial charge in [0.2, 0.25) is 0 Å². The van der Waals surface area contributed by atoms with Crippen LogP contribution in [0.4, 0.5) is 4.79 Å². The summed E-state index contributed by atoms with van der Waals surface area (Å²) in [5.74, 6) is -2.31. The van der Waals surface area contributed by atoms with Gasteiger partial charge in [-0.3, -0.25) is 9.69 Å². The summed E-state index contributed by atoms with van der Waals surface area (Å²) in [5.41, 5.74) is 0.704. The molecule has 2 rings (SSSR count). The molecule has 9 heteroatoms. The SMILES string of the molecule is O=C(O)CN(C(=O)OCc1ccccc1)[C@@H]1CS(=O)(=O)C[C@H]1O. The molecule has 1 aliphatic rings. The van der Waals surface area contributed by atoms with Crippen molar-refractivity contribution in [1.82, 2.24) is 4.90 Å². The van der Waals surface area contributed by atoms with E-state index in [0.717, 1.165) is 4.90 Å². The molecule has 0 aliphatic carbocycles. The van der Waals surface area contributed by atoms with E-state index in [1.165, 1.54) is 0 Å². The van der Waals surface area contributed by atoms with E-state index >= 15 is 0 Å². The molecule has 1 aliphatic heterocycles. The molecule has 1 aromatic rings. The van der Waals surface area contributed by atoms with E-state index in [1.807, 2.05) is 0 Å². The number of hydrogen-bond acceptors (Lipinski definition) is 6. The summed E-state index contributed by atoms with van der Waals surface area (Å²) >= 11 is 0. The van der Waals surface area contributed by atoms with E-state index in [-0.39, 0.29) is 6.61 Å². The third-order valence-electron chi connectivity index (χ3n) is 3.44. The van der Waals surface area contributed by atoms with Gasteiger partial charge in [-0.15, -0.1) is 0 Å². The molecule has 0 unspecified atom stereocenters. The fourth-order valence-electron chi connectivity index (χ4n) is 2.37. The number of amides is 1. The Morgan fingerprint density at radius 3 is 2.39 bits per heavy atom. The molecule has 0 saturated carbocycles. The van der Waals surface area contributed by atoms with Gasteiger partial charge in [0.25, 0.3) is 0 Å². The zero-order valence-corrected chi connectivity index (χ0v) is 13.0. The largest absolute Gasteiger partial charge is 0.480 e. The Morgan fingerprint density at radius 2 is 1.87 bits per heavy atom. The molecule has 1 heterocycles. The van der Waals surface area contributed by atoms with Crippen LogP contribution in [-0.2, 0) is 26.0 Å². The third-order valence-corrected chi connectivity index (χ3v) is 5.14. The molecule has 1 saturated heterocycles. The topological polar surface area (TPSA) is 121 Å². The van der Waals surface area contributed by atoms with Gasteiger partial charge in [0.15, 0.2) is 9.84 Å². The highest BCUT2D eigenvalue weighted by molar-refractivity contribution is 7.91. The first kappa shape index (κ1) is 17.2. The molecule has 1 fully saturated rings. The number of carboxylic acid groups (broad SMARTS) is 1. The van der Waals surface area contributed by atoms with Crippen LogP contribution in [0.25, 0.3) is 0 Å². The highest BCUT2D eigenvalue weighted by Crippen LogP contribution is 2.19. The number of carboxylic acids is 1. The Kier molecular flexibility index (Phi) is 5.22. The number of aliphatic hydroxyl groups is 1. The molecule has 2 atom stereocenters. The van der Waals surface area contributed by atoms with E-state index in [2.05, 4.69) is 0 Å². The molecule has 23 heavy (non-hydrogen) atoms. The van der Waals surface area contributed by atoms with Gasteiger partial charge in [-0.25, -0.2) is 13.2 Å². The maximum atomic E-state index is 12.1. The average Bonchev–Trinajstić information content (AvgIpc) is 2.76. The lowest BCUT2D eigenvalue weighted by Gasteiger charge is -2.27. The summed E-state index contributed by atoms with van der Waals surface area (Å²) in [7, 11) is -3.52. The molecule has 0 bridgehead atoms. The highest BCUT2D eigenvalue weighted by Gasteiger charge is 2.43. The van der Waals surface area contributed by atoms with Crippen molar-refractivity contribution < 1.29 is 33.0 Å². The molecular weight excluding hydrogens is 326 g/mol. The number of rotatable bonds is 5. The predicted molar refractivity (Wildman–Crippen MR) is 79.4 cm³/mol. The van der Waals surface area contributed by atoms with Crippen LogP contribution in [0.2, 0.25) is 0 Å². The summed E-state index contributed by atoms with van der Waals surface area (Å²) in [4.78, 5) is 23.8. The lowest BCUT2D eigenvalue weighted by molar-refractivity contribution is -0.138. The quantitative estimate of drug-likeness (QED) is 0.763. The number of aliphatic hydroxyl groups excluding tert-OH is 1. The third kappa shape index (κ3) is 4.67. The monoisotopic (exact) mass is 343 g/mol. The van der Waals surface area contributed by atoms with E-state index in [9.17, 15) is 23.1 Å². The van der Waals surface area contributed by atoms with Crippen LogP contribution in [0.5, 0.6) is 0 Å². The van der Waals surface area contributed by atoms with Crippen molar-refractivity contribution in [1.29, 1.82) is 0 Å². The second kappa shape index (κ2) is 6.97. The number of sulfone groups is 1. The Balaban J connectivity index is 2.08. The number of nitrogens with zero attached hydrogens (tertiary/aromatic N) is 1. The highest BCUT2D eigenvalue weighted by atomic mass is 32.2. The van der Waals surface area contributed by atoms with Crippen LogP contribution in [0, 0.1) is 0 Å². The first-order chi connectivity index (χ1) is 10.8. The van der Waals surface area contributed by atoms with Gasteiger partial charge in [-0.05, 0) is 5.56 Å².